The van der Waals surface area contributed by atoms with E-state index in [0.717, 1.165) is 5.56 Å². The Kier molecular flexibility index (Phi) is 5.35. The molecule has 6 nitrogen and oxygen atoms in total. The summed E-state index contributed by atoms with van der Waals surface area (Å²) in [5.74, 6) is -0.247. The third-order valence-electron chi connectivity index (χ3n) is 2.65. The molecule has 2 rings (SSSR count). The molecule has 2 aromatic rings. The van der Waals surface area contributed by atoms with E-state index in [4.69, 9.17) is 22.1 Å². The van der Waals surface area contributed by atoms with Gasteiger partial charge in [0, 0.05) is 10.4 Å². The average molecular weight is 340 g/mol. The first-order valence-corrected chi connectivity index (χ1v) is 7.61. The van der Waals surface area contributed by atoms with Crippen molar-refractivity contribution >= 4 is 39.9 Å². The number of aryl methyl sites for hydroxylation is 1. The molecule has 0 aliphatic rings. The lowest BCUT2D eigenvalue weighted by Gasteiger charge is -2.07. The van der Waals surface area contributed by atoms with Gasteiger partial charge in [-0.1, -0.05) is 11.6 Å². The number of carbonyl (C=O) groups is 2. The van der Waals surface area contributed by atoms with Crippen LogP contribution in [0.25, 0.3) is 0 Å². The molecule has 8 heteroatoms. The fraction of sp³-hybridized carbons (Fsp3) is 0.214. The Hall–Kier alpha value is -2.12. The number of anilines is 1. The first kappa shape index (κ1) is 16.3. The predicted octanol–water partition coefficient (Wildman–Crippen LogP) is 2.15. The first-order valence-electron chi connectivity index (χ1n) is 6.35. The number of benzene rings is 1. The number of aromatic nitrogens is 1. The van der Waals surface area contributed by atoms with Gasteiger partial charge in [0.25, 0.3) is 5.91 Å². The molecular formula is C14H14ClN3O3S. The van der Waals surface area contributed by atoms with E-state index in [0.29, 0.717) is 21.6 Å². The standard InChI is InChI=1S/C14H14ClN3O3S/c1-8-4-10(2-3-11(8)15)21-6-13(20)18-14-17-9(7-22-14)5-12(16)19/h2-4,7H,5-6H2,1H3,(H2,16,19)(H,17,18,20). The maximum absolute atomic E-state index is 11.8. The van der Waals surface area contributed by atoms with Crippen LogP contribution in [0.15, 0.2) is 23.6 Å². The molecule has 1 heterocycles. The number of thiazole rings is 1. The fourth-order valence-corrected chi connectivity index (χ4v) is 2.48. The molecule has 0 saturated carbocycles. The molecule has 0 saturated heterocycles. The molecule has 0 aliphatic carbocycles. The Morgan fingerprint density at radius 2 is 2.23 bits per heavy atom. The van der Waals surface area contributed by atoms with Gasteiger partial charge in [-0.15, -0.1) is 11.3 Å². The van der Waals surface area contributed by atoms with E-state index in [2.05, 4.69) is 10.3 Å². The quantitative estimate of drug-likeness (QED) is 0.843. The number of amides is 2. The van der Waals surface area contributed by atoms with Gasteiger partial charge in [0.05, 0.1) is 12.1 Å². The molecule has 0 bridgehead atoms. The number of nitrogens with one attached hydrogen (secondary N) is 1. The van der Waals surface area contributed by atoms with Crippen molar-refractivity contribution in [2.45, 2.75) is 13.3 Å². The van der Waals surface area contributed by atoms with E-state index in [1.807, 2.05) is 6.92 Å². The molecule has 22 heavy (non-hydrogen) atoms. The first-order chi connectivity index (χ1) is 10.4. The molecule has 0 atom stereocenters. The number of carbonyl (C=O) groups excluding carboxylic acids is 2. The summed E-state index contributed by atoms with van der Waals surface area (Å²) in [5, 5.41) is 5.31. The third-order valence-corrected chi connectivity index (χ3v) is 3.88. The second kappa shape index (κ2) is 7.24. The number of halogens is 1. The number of ether oxygens (including phenoxy) is 1. The van der Waals surface area contributed by atoms with Crippen LogP contribution < -0.4 is 15.8 Å². The van der Waals surface area contributed by atoms with Crippen molar-refractivity contribution in [2.75, 3.05) is 11.9 Å². The van der Waals surface area contributed by atoms with Crippen molar-refractivity contribution in [2.24, 2.45) is 5.73 Å². The molecule has 0 spiro atoms. The van der Waals surface area contributed by atoms with Gasteiger partial charge in [-0.25, -0.2) is 4.98 Å². The van der Waals surface area contributed by atoms with E-state index in [-0.39, 0.29) is 18.9 Å². The van der Waals surface area contributed by atoms with Crippen LogP contribution in [-0.4, -0.2) is 23.4 Å². The minimum atomic E-state index is -0.468. The van der Waals surface area contributed by atoms with Gasteiger partial charge in [0.2, 0.25) is 5.91 Å². The van der Waals surface area contributed by atoms with E-state index >= 15 is 0 Å². The summed E-state index contributed by atoms with van der Waals surface area (Å²) in [6, 6.07) is 5.15. The number of primary amides is 1. The van der Waals surface area contributed by atoms with Gasteiger partial charge in [-0.2, -0.15) is 0 Å². The molecule has 0 unspecified atom stereocenters. The molecule has 2 amide bonds. The smallest absolute Gasteiger partial charge is 0.264 e. The summed E-state index contributed by atoms with van der Waals surface area (Å²) in [6.07, 6.45) is 0.0485. The highest BCUT2D eigenvalue weighted by Gasteiger charge is 2.09. The van der Waals surface area contributed by atoms with Crippen LogP contribution in [0.2, 0.25) is 5.02 Å². The van der Waals surface area contributed by atoms with Gasteiger partial charge in [0.15, 0.2) is 11.7 Å². The van der Waals surface area contributed by atoms with Gasteiger partial charge in [-0.3, -0.25) is 14.9 Å². The third kappa shape index (κ3) is 4.71. The highest BCUT2D eigenvalue weighted by Crippen LogP contribution is 2.21. The molecular weight excluding hydrogens is 326 g/mol. The van der Waals surface area contributed by atoms with E-state index in [1.54, 1.807) is 23.6 Å². The monoisotopic (exact) mass is 339 g/mol. The minimum absolute atomic E-state index is 0.0485. The Balaban J connectivity index is 1.86. The van der Waals surface area contributed by atoms with E-state index < -0.39 is 5.91 Å². The molecule has 0 aliphatic heterocycles. The summed E-state index contributed by atoms with van der Waals surface area (Å²) in [4.78, 5) is 26.6. The molecule has 1 aromatic heterocycles. The van der Waals surface area contributed by atoms with E-state index in [9.17, 15) is 9.59 Å². The van der Waals surface area contributed by atoms with Crippen molar-refractivity contribution in [3.8, 4) is 5.75 Å². The second-order valence-corrected chi connectivity index (χ2v) is 5.80. The van der Waals surface area contributed by atoms with Crippen LogP contribution >= 0.6 is 22.9 Å². The lowest BCUT2D eigenvalue weighted by Crippen LogP contribution is -2.20. The Morgan fingerprint density at radius 3 is 2.91 bits per heavy atom. The zero-order chi connectivity index (χ0) is 16.1. The molecule has 1 aromatic carbocycles. The largest absolute Gasteiger partial charge is 0.484 e. The van der Waals surface area contributed by atoms with Crippen molar-refractivity contribution in [1.82, 2.24) is 4.98 Å². The van der Waals surface area contributed by atoms with Gasteiger partial charge in [0.1, 0.15) is 5.75 Å². The van der Waals surface area contributed by atoms with Crippen molar-refractivity contribution in [1.29, 1.82) is 0 Å². The Bertz CT molecular complexity index is 702. The van der Waals surface area contributed by atoms with Gasteiger partial charge in [-0.05, 0) is 30.7 Å². The van der Waals surface area contributed by atoms with E-state index in [1.165, 1.54) is 11.3 Å². The maximum atomic E-state index is 11.8. The van der Waals surface area contributed by atoms with Crippen molar-refractivity contribution in [3.05, 3.63) is 39.9 Å². The fourth-order valence-electron chi connectivity index (χ4n) is 1.64. The predicted molar refractivity (Wildman–Crippen MR) is 85.3 cm³/mol. The topological polar surface area (TPSA) is 94.3 Å². The number of hydrogen-bond donors (Lipinski definition) is 2. The van der Waals surface area contributed by atoms with Crippen LogP contribution in [0.4, 0.5) is 5.13 Å². The van der Waals surface area contributed by atoms with Crippen LogP contribution in [0, 0.1) is 6.92 Å². The summed E-state index contributed by atoms with van der Waals surface area (Å²) in [6.45, 7) is 1.71. The number of rotatable bonds is 6. The summed E-state index contributed by atoms with van der Waals surface area (Å²) in [7, 11) is 0. The Morgan fingerprint density at radius 1 is 1.45 bits per heavy atom. The number of nitrogens with two attached hydrogens (primary N) is 1. The Labute approximate surface area is 136 Å². The van der Waals surface area contributed by atoms with Crippen LogP contribution in [0.1, 0.15) is 11.3 Å². The second-order valence-electron chi connectivity index (χ2n) is 4.53. The van der Waals surface area contributed by atoms with Crippen LogP contribution in [0.5, 0.6) is 5.75 Å². The highest BCUT2D eigenvalue weighted by atomic mass is 35.5. The zero-order valence-electron chi connectivity index (χ0n) is 11.8. The lowest BCUT2D eigenvalue weighted by atomic mass is 10.2. The lowest BCUT2D eigenvalue weighted by molar-refractivity contribution is -0.118. The van der Waals surface area contributed by atoms with Gasteiger partial charge < -0.3 is 10.5 Å². The van der Waals surface area contributed by atoms with Crippen LogP contribution in [0.3, 0.4) is 0 Å². The zero-order valence-corrected chi connectivity index (χ0v) is 13.3. The average Bonchev–Trinajstić information content (AvgIpc) is 2.86. The number of nitrogens with zero attached hydrogens (tertiary/aromatic N) is 1. The molecule has 3 N–H and O–H groups in total. The highest BCUT2D eigenvalue weighted by molar-refractivity contribution is 7.13. The van der Waals surface area contributed by atoms with Crippen molar-refractivity contribution in [3.63, 3.8) is 0 Å². The van der Waals surface area contributed by atoms with Crippen LogP contribution in [-0.2, 0) is 16.0 Å². The molecule has 0 fully saturated rings. The summed E-state index contributed by atoms with van der Waals surface area (Å²) in [5.41, 5.74) is 6.48. The maximum Gasteiger partial charge on any atom is 0.264 e. The SMILES string of the molecule is Cc1cc(OCC(=O)Nc2nc(CC(N)=O)cs2)ccc1Cl. The molecule has 0 radical (unpaired) electrons. The van der Waals surface area contributed by atoms with Gasteiger partial charge >= 0.3 is 0 Å². The summed E-state index contributed by atoms with van der Waals surface area (Å²) < 4.78 is 5.38. The van der Waals surface area contributed by atoms with Crippen molar-refractivity contribution < 1.29 is 14.3 Å². The minimum Gasteiger partial charge on any atom is -0.484 e. The normalized spacial score (nSPS) is 10.3. The summed E-state index contributed by atoms with van der Waals surface area (Å²) >= 11 is 7.14. The molecule has 116 valence electrons. The number of hydrogen-bond acceptors (Lipinski definition) is 5.